The highest BCUT2D eigenvalue weighted by Crippen LogP contribution is 2.31. The lowest BCUT2D eigenvalue weighted by molar-refractivity contribution is -0.275. The number of hydrogen-bond acceptors (Lipinski definition) is 3. The van der Waals surface area contributed by atoms with Crippen LogP contribution >= 0.6 is 0 Å². The molecule has 1 atom stereocenters. The Labute approximate surface area is 110 Å². The lowest BCUT2D eigenvalue weighted by Gasteiger charge is -2.20. The van der Waals surface area contributed by atoms with Gasteiger partial charge in [0.2, 0.25) is 0 Å². The van der Waals surface area contributed by atoms with Crippen molar-refractivity contribution in [2.24, 2.45) is 0 Å². The zero-order chi connectivity index (χ0) is 14.3. The van der Waals surface area contributed by atoms with Gasteiger partial charge in [0.15, 0.2) is 0 Å². The molecule has 1 N–H and O–H groups in total. The number of para-hydroxylation sites is 1. The molecular weight excluding hydrogens is 259 g/mol. The number of benzene rings is 1. The van der Waals surface area contributed by atoms with Crippen LogP contribution in [-0.4, -0.2) is 27.1 Å². The van der Waals surface area contributed by atoms with E-state index in [9.17, 15) is 13.2 Å². The Hall–Kier alpha value is -1.27. The van der Waals surface area contributed by atoms with E-state index in [4.69, 9.17) is 4.74 Å². The van der Waals surface area contributed by atoms with E-state index >= 15 is 0 Å². The minimum Gasteiger partial charge on any atom is -0.405 e. The third kappa shape index (κ3) is 5.48. The first kappa shape index (κ1) is 15.8. The molecular formula is C13H18F3NO2. The summed E-state index contributed by atoms with van der Waals surface area (Å²) in [5.74, 6) is -0.160. The highest BCUT2D eigenvalue weighted by molar-refractivity contribution is 5.36. The Morgan fingerprint density at radius 1 is 1.26 bits per heavy atom. The molecule has 3 nitrogen and oxygen atoms in total. The molecule has 1 aromatic rings. The zero-order valence-corrected chi connectivity index (χ0v) is 11.0. The SMILES string of the molecule is CNC(CCCOC)c1ccccc1OC(F)(F)F. The van der Waals surface area contributed by atoms with Gasteiger partial charge in [-0.25, -0.2) is 0 Å². The fourth-order valence-electron chi connectivity index (χ4n) is 1.87. The molecule has 0 spiro atoms. The Morgan fingerprint density at radius 2 is 1.95 bits per heavy atom. The van der Waals surface area contributed by atoms with Gasteiger partial charge in [-0.2, -0.15) is 0 Å². The zero-order valence-electron chi connectivity index (χ0n) is 11.0. The topological polar surface area (TPSA) is 30.5 Å². The molecule has 0 fully saturated rings. The molecule has 0 saturated heterocycles. The number of hydrogen-bond donors (Lipinski definition) is 1. The van der Waals surface area contributed by atoms with Gasteiger partial charge < -0.3 is 14.8 Å². The van der Waals surface area contributed by atoms with Crippen molar-refractivity contribution >= 4 is 0 Å². The van der Waals surface area contributed by atoms with Crippen molar-refractivity contribution in [2.75, 3.05) is 20.8 Å². The van der Waals surface area contributed by atoms with Crippen molar-refractivity contribution in [1.82, 2.24) is 5.32 Å². The molecule has 0 amide bonds. The Kier molecular flexibility index (Phi) is 6.11. The summed E-state index contributed by atoms with van der Waals surface area (Å²) in [5.41, 5.74) is 0.499. The van der Waals surface area contributed by atoms with Gasteiger partial charge in [0.1, 0.15) is 5.75 Å². The third-order valence-corrected chi connectivity index (χ3v) is 2.71. The highest BCUT2D eigenvalue weighted by atomic mass is 19.4. The van der Waals surface area contributed by atoms with Crippen LogP contribution in [0.4, 0.5) is 13.2 Å². The molecule has 0 saturated carbocycles. The maximum atomic E-state index is 12.3. The minimum atomic E-state index is -4.68. The highest BCUT2D eigenvalue weighted by Gasteiger charge is 2.32. The fraction of sp³-hybridized carbons (Fsp3) is 0.538. The normalized spacial score (nSPS) is 13.3. The standard InChI is InChI=1S/C13H18F3NO2/c1-17-11(7-5-9-18-2)10-6-3-4-8-12(10)19-13(14,15)16/h3-4,6,8,11,17H,5,7,9H2,1-2H3. The quantitative estimate of drug-likeness (QED) is 0.776. The van der Waals surface area contributed by atoms with Crippen LogP contribution in [0.2, 0.25) is 0 Å². The van der Waals surface area contributed by atoms with E-state index in [2.05, 4.69) is 10.1 Å². The molecule has 1 unspecified atom stereocenters. The van der Waals surface area contributed by atoms with Crippen molar-refractivity contribution in [3.8, 4) is 5.75 Å². The lowest BCUT2D eigenvalue weighted by Crippen LogP contribution is -2.22. The van der Waals surface area contributed by atoms with Gasteiger partial charge in [-0.15, -0.1) is 13.2 Å². The van der Waals surface area contributed by atoms with Gasteiger partial charge in [0.25, 0.3) is 0 Å². The number of nitrogens with one attached hydrogen (secondary N) is 1. The van der Waals surface area contributed by atoms with Gasteiger partial charge in [-0.05, 0) is 26.0 Å². The van der Waals surface area contributed by atoms with Gasteiger partial charge in [0.05, 0.1) is 0 Å². The fourth-order valence-corrected chi connectivity index (χ4v) is 1.87. The largest absolute Gasteiger partial charge is 0.573 e. The number of alkyl halides is 3. The predicted molar refractivity (Wildman–Crippen MR) is 66.0 cm³/mol. The van der Waals surface area contributed by atoms with E-state index in [1.54, 1.807) is 26.3 Å². The van der Waals surface area contributed by atoms with Crippen LogP contribution in [0.15, 0.2) is 24.3 Å². The summed E-state index contributed by atoms with van der Waals surface area (Å²) in [6, 6.07) is 5.97. The first-order valence-corrected chi connectivity index (χ1v) is 5.99. The Bertz CT molecular complexity index is 382. The summed E-state index contributed by atoms with van der Waals surface area (Å²) in [6.07, 6.45) is -3.26. The van der Waals surface area contributed by atoms with Crippen molar-refractivity contribution in [1.29, 1.82) is 0 Å². The van der Waals surface area contributed by atoms with Crippen LogP contribution < -0.4 is 10.1 Å². The molecule has 0 aliphatic heterocycles. The van der Waals surface area contributed by atoms with E-state index in [1.807, 2.05) is 0 Å². The van der Waals surface area contributed by atoms with Crippen LogP contribution in [0.5, 0.6) is 5.75 Å². The summed E-state index contributed by atoms with van der Waals surface area (Å²) >= 11 is 0. The molecule has 19 heavy (non-hydrogen) atoms. The van der Waals surface area contributed by atoms with Gasteiger partial charge in [-0.1, -0.05) is 18.2 Å². The van der Waals surface area contributed by atoms with E-state index in [0.29, 0.717) is 18.6 Å². The van der Waals surface area contributed by atoms with Gasteiger partial charge >= 0.3 is 6.36 Å². The first-order valence-electron chi connectivity index (χ1n) is 5.99. The van der Waals surface area contributed by atoms with Crippen molar-refractivity contribution in [2.45, 2.75) is 25.2 Å². The number of halogens is 3. The second-order valence-corrected chi connectivity index (χ2v) is 4.06. The van der Waals surface area contributed by atoms with E-state index in [0.717, 1.165) is 6.42 Å². The van der Waals surface area contributed by atoms with Gasteiger partial charge in [-0.3, -0.25) is 0 Å². The number of ether oxygens (including phenoxy) is 2. The van der Waals surface area contributed by atoms with Gasteiger partial charge in [0, 0.05) is 25.3 Å². The molecule has 0 bridgehead atoms. The summed E-state index contributed by atoms with van der Waals surface area (Å²) in [6.45, 7) is 0.570. The molecule has 0 aliphatic carbocycles. The average Bonchev–Trinajstić information content (AvgIpc) is 2.34. The van der Waals surface area contributed by atoms with Crippen molar-refractivity contribution in [3.05, 3.63) is 29.8 Å². The Morgan fingerprint density at radius 3 is 2.53 bits per heavy atom. The van der Waals surface area contributed by atoms with Crippen molar-refractivity contribution < 1.29 is 22.6 Å². The molecule has 0 aliphatic rings. The second kappa shape index (κ2) is 7.35. The van der Waals surface area contributed by atoms with Crippen LogP contribution in [-0.2, 0) is 4.74 Å². The lowest BCUT2D eigenvalue weighted by atomic mass is 10.0. The third-order valence-electron chi connectivity index (χ3n) is 2.71. The van der Waals surface area contributed by atoms with Crippen LogP contribution in [0.25, 0.3) is 0 Å². The maximum Gasteiger partial charge on any atom is 0.573 e. The summed E-state index contributed by atoms with van der Waals surface area (Å²) < 4.78 is 46.0. The second-order valence-electron chi connectivity index (χ2n) is 4.06. The van der Waals surface area contributed by atoms with E-state index in [1.165, 1.54) is 12.1 Å². The summed E-state index contributed by atoms with van der Waals surface area (Å²) in [4.78, 5) is 0. The monoisotopic (exact) mass is 277 g/mol. The smallest absolute Gasteiger partial charge is 0.405 e. The molecule has 0 aromatic heterocycles. The number of methoxy groups -OCH3 is 1. The number of rotatable bonds is 7. The van der Waals surface area contributed by atoms with E-state index < -0.39 is 6.36 Å². The molecule has 1 aromatic carbocycles. The minimum absolute atomic E-state index is 0.160. The molecule has 0 radical (unpaired) electrons. The molecule has 1 rings (SSSR count). The predicted octanol–water partition coefficient (Wildman–Crippen LogP) is 3.27. The molecule has 108 valence electrons. The average molecular weight is 277 g/mol. The first-order chi connectivity index (χ1) is 8.98. The van der Waals surface area contributed by atoms with Crippen LogP contribution in [0.1, 0.15) is 24.4 Å². The van der Waals surface area contributed by atoms with Crippen LogP contribution in [0.3, 0.4) is 0 Å². The summed E-state index contributed by atoms with van der Waals surface area (Å²) in [5, 5.41) is 3.00. The van der Waals surface area contributed by atoms with Crippen molar-refractivity contribution in [3.63, 3.8) is 0 Å². The Balaban J connectivity index is 2.84. The van der Waals surface area contributed by atoms with E-state index in [-0.39, 0.29) is 11.8 Å². The summed E-state index contributed by atoms with van der Waals surface area (Å²) in [7, 11) is 3.30. The molecule has 0 heterocycles. The molecule has 6 heteroatoms. The van der Waals surface area contributed by atoms with Crippen LogP contribution in [0, 0.1) is 0 Å². The maximum absolute atomic E-state index is 12.3.